The maximum absolute atomic E-state index is 9.62. The first-order valence-electron chi connectivity index (χ1n) is 6.37. The van der Waals surface area contributed by atoms with E-state index < -0.39 is 6.10 Å². The van der Waals surface area contributed by atoms with Gasteiger partial charge in [0.2, 0.25) is 0 Å². The molecule has 0 aromatic carbocycles. The van der Waals surface area contributed by atoms with E-state index in [0.717, 1.165) is 35.6 Å². The van der Waals surface area contributed by atoms with Gasteiger partial charge in [0.15, 0.2) is 5.82 Å². The maximum atomic E-state index is 9.62. The molecule has 0 aliphatic heterocycles. The highest BCUT2D eigenvalue weighted by atomic mass is 16.3. The van der Waals surface area contributed by atoms with Crippen LogP contribution in [0.1, 0.15) is 43.8 Å². The monoisotopic (exact) mass is 245 g/mol. The van der Waals surface area contributed by atoms with Crippen LogP contribution < -0.4 is 0 Å². The van der Waals surface area contributed by atoms with Gasteiger partial charge in [-0.15, -0.1) is 0 Å². The van der Waals surface area contributed by atoms with Crippen molar-refractivity contribution in [1.29, 1.82) is 0 Å². The predicted molar refractivity (Wildman–Crippen MR) is 70.7 cm³/mol. The van der Waals surface area contributed by atoms with Crippen molar-refractivity contribution in [3.05, 3.63) is 41.3 Å². The van der Waals surface area contributed by atoms with Crippen LogP contribution in [0.15, 0.2) is 24.4 Å². The van der Waals surface area contributed by atoms with Gasteiger partial charge in [-0.2, -0.15) is 5.10 Å². The second-order valence-electron chi connectivity index (χ2n) is 4.37. The van der Waals surface area contributed by atoms with Gasteiger partial charge in [-0.05, 0) is 43.5 Å². The molecule has 0 amide bonds. The topological polar surface area (TPSA) is 50.9 Å². The molecular weight excluding hydrogens is 226 g/mol. The summed E-state index contributed by atoms with van der Waals surface area (Å²) < 4.78 is 1.87. The number of rotatable bonds is 4. The average Bonchev–Trinajstić information content (AvgIpc) is 2.82. The Labute approximate surface area is 107 Å². The molecule has 4 nitrogen and oxygen atoms in total. The van der Waals surface area contributed by atoms with E-state index in [1.54, 1.807) is 13.1 Å². The van der Waals surface area contributed by atoms with Gasteiger partial charge in [-0.1, -0.05) is 13.8 Å². The van der Waals surface area contributed by atoms with Crippen molar-refractivity contribution in [1.82, 2.24) is 14.8 Å². The van der Waals surface area contributed by atoms with Gasteiger partial charge >= 0.3 is 0 Å². The summed E-state index contributed by atoms with van der Waals surface area (Å²) in [5.41, 5.74) is 3.06. The molecule has 2 aromatic heterocycles. The lowest BCUT2D eigenvalue weighted by Crippen LogP contribution is -2.05. The van der Waals surface area contributed by atoms with Crippen molar-refractivity contribution < 1.29 is 5.11 Å². The Morgan fingerprint density at radius 2 is 2.06 bits per heavy atom. The van der Waals surface area contributed by atoms with E-state index >= 15 is 0 Å². The molecule has 1 N–H and O–H groups in total. The van der Waals surface area contributed by atoms with Crippen molar-refractivity contribution >= 4 is 0 Å². The minimum Gasteiger partial charge on any atom is -0.389 e. The Kier molecular flexibility index (Phi) is 3.77. The van der Waals surface area contributed by atoms with E-state index in [9.17, 15) is 5.11 Å². The molecule has 0 bridgehead atoms. The minimum atomic E-state index is -0.488. The minimum absolute atomic E-state index is 0.488. The molecule has 0 aliphatic carbocycles. The number of aliphatic hydroxyl groups excluding tert-OH is 1. The Morgan fingerprint density at radius 1 is 1.28 bits per heavy atom. The molecule has 18 heavy (non-hydrogen) atoms. The third-order valence-electron chi connectivity index (χ3n) is 3.03. The van der Waals surface area contributed by atoms with Crippen LogP contribution in [0, 0.1) is 0 Å². The lowest BCUT2D eigenvalue weighted by Gasteiger charge is -2.08. The predicted octanol–water partition coefficient (Wildman–Crippen LogP) is 2.45. The Bertz CT molecular complexity index is 532. The zero-order chi connectivity index (χ0) is 13.1. The molecular formula is C14H19N3O. The fourth-order valence-electron chi connectivity index (χ4n) is 1.91. The number of aromatic nitrogens is 3. The first-order valence-corrected chi connectivity index (χ1v) is 6.37. The first-order chi connectivity index (χ1) is 8.65. The summed E-state index contributed by atoms with van der Waals surface area (Å²) in [4.78, 5) is 4.34. The summed E-state index contributed by atoms with van der Waals surface area (Å²) in [6.45, 7) is 5.94. The highest BCUT2D eigenvalue weighted by Gasteiger charge is 2.10. The molecule has 0 saturated heterocycles. The van der Waals surface area contributed by atoms with E-state index in [4.69, 9.17) is 0 Å². The summed E-state index contributed by atoms with van der Waals surface area (Å²) >= 11 is 0. The van der Waals surface area contributed by atoms with Crippen LogP contribution in [0.3, 0.4) is 0 Å². The number of nitrogens with zero attached hydrogens (tertiary/aromatic N) is 3. The zero-order valence-electron chi connectivity index (χ0n) is 11.1. The lowest BCUT2D eigenvalue weighted by atomic mass is 10.2. The number of pyridine rings is 1. The molecule has 2 heterocycles. The third-order valence-corrected chi connectivity index (χ3v) is 3.03. The third kappa shape index (κ3) is 2.43. The summed E-state index contributed by atoms with van der Waals surface area (Å²) in [5.74, 6) is 0.768. The lowest BCUT2D eigenvalue weighted by molar-refractivity contribution is 0.199. The Balaban J connectivity index is 2.47. The smallest absolute Gasteiger partial charge is 0.153 e. The fourth-order valence-corrected chi connectivity index (χ4v) is 1.91. The zero-order valence-corrected chi connectivity index (χ0v) is 11.1. The van der Waals surface area contributed by atoms with Crippen molar-refractivity contribution in [2.24, 2.45) is 0 Å². The van der Waals surface area contributed by atoms with E-state index in [-0.39, 0.29) is 0 Å². The molecule has 0 fully saturated rings. The van der Waals surface area contributed by atoms with Gasteiger partial charge in [-0.3, -0.25) is 0 Å². The second-order valence-corrected chi connectivity index (χ2v) is 4.37. The van der Waals surface area contributed by atoms with E-state index in [0.29, 0.717) is 0 Å². The molecule has 96 valence electrons. The van der Waals surface area contributed by atoms with Gasteiger partial charge < -0.3 is 5.11 Å². The molecule has 2 rings (SSSR count). The van der Waals surface area contributed by atoms with Crippen LogP contribution in [0.25, 0.3) is 5.82 Å². The van der Waals surface area contributed by atoms with Gasteiger partial charge in [0, 0.05) is 11.9 Å². The molecule has 4 heteroatoms. The Morgan fingerprint density at radius 3 is 2.67 bits per heavy atom. The first kappa shape index (κ1) is 12.8. The SMILES string of the molecule is CCc1cc(CC)n(-c2cc([C@@H](C)O)ccn2)n1. The van der Waals surface area contributed by atoms with Crippen LogP contribution in [-0.4, -0.2) is 19.9 Å². The van der Waals surface area contributed by atoms with Crippen molar-refractivity contribution in [3.63, 3.8) is 0 Å². The maximum Gasteiger partial charge on any atom is 0.153 e. The molecule has 2 aromatic rings. The van der Waals surface area contributed by atoms with Crippen molar-refractivity contribution in [2.45, 2.75) is 39.7 Å². The number of hydrogen-bond acceptors (Lipinski definition) is 3. The number of aryl methyl sites for hydroxylation is 2. The highest BCUT2D eigenvalue weighted by molar-refractivity contribution is 5.31. The molecule has 0 spiro atoms. The van der Waals surface area contributed by atoms with Crippen molar-refractivity contribution in [2.75, 3.05) is 0 Å². The molecule has 0 saturated carbocycles. The molecule has 0 unspecified atom stereocenters. The highest BCUT2D eigenvalue weighted by Crippen LogP contribution is 2.17. The normalized spacial score (nSPS) is 12.7. The Hall–Kier alpha value is -1.68. The molecule has 1 atom stereocenters. The fraction of sp³-hybridized carbons (Fsp3) is 0.429. The van der Waals surface area contributed by atoms with Crippen LogP contribution in [0.4, 0.5) is 0 Å². The molecule has 0 aliphatic rings. The van der Waals surface area contributed by atoms with Gasteiger partial charge in [0.1, 0.15) is 0 Å². The standard InChI is InChI=1S/C14H19N3O/c1-4-12-9-13(5-2)17(16-12)14-8-11(10(3)18)6-7-15-14/h6-10,18H,4-5H2,1-3H3/t10-/m1/s1. The van der Waals surface area contributed by atoms with Gasteiger partial charge in [-0.25, -0.2) is 9.67 Å². The quantitative estimate of drug-likeness (QED) is 0.900. The van der Waals surface area contributed by atoms with Crippen LogP contribution in [0.5, 0.6) is 0 Å². The number of aliphatic hydroxyl groups is 1. The van der Waals surface area contributed by atoms with E-state index in [2.05, 4.69) is 30.0 Å². The average molecular weight is 245 g/mol. The second kappa shape index (κ2) is 5.31. The molecule has 0 radical (unpaired) electrons. The number of hydrogen-bond donors (Lipinski definition) is 1. The van der Waals surface area contributed by atoms with Crippen LogP contribution >= 0.6 is 0 Å². The van der Waals surface area contributed by atoms with Gasteiger partial charge in [0.05, 0.1) is 11.8 Å². The summed E-state index contributed by atoms with van der Waals surface area (Å²) in [6.07, 6.45) is 3.05. The summed E-state index contributed by atoms with van der Waals surface area (Å²) in [6, 6.07) is 5.82. The van der Waals surface area contributed by atoms with E-state index in [1.807, 2.05) is 16.8 Å². The summed E-state index contributed by atoms with van der Waals surface area (Å²) in [5, 5.41) is 14.2. The van der Waals surface area contributed by atoms with Crippen molar-refractivity contribution in [3.8, 4) is 5.82 Å². The largest absolute Gasteiger partial charge is 0.389 e. The van der Waals surface area contributed by atoms with Crippen LogP contribution in [-0.2, 0) is 12.8 Å². The summed E-state index contributed by atoms with van der Waals surface area (Å²) in [7, 11) is 0. The van der Waals surface area contributed by atoms with Gasteiger partial charge in [0.25, 0.3) is 0 Å². The van der Waals surface area contributed by atoms with E-state index in [1.165, 1.54) is 0 Å². The van der Waals surface area contributed by atoms with Crippen LogP contribution in [0.2, 0.25) is 0 Å².